The fraction of sp³-hybridized carbons (Fsp3) is 0.316. The van der Waals surface area contributed by atoms with Crippen molar-refractivity contribution in [2.75, 3.05) is 0 Å². The summed E-state index contributed by atoms with van der Waals surface area (Å²) in [5, 5.41) is 5.25. The third-order valence-electron chi connectivity index (χ3n) is 4.25. The average Bonchev–Trinajstić information content (AvgIpc) is 2.95. The lowest BCUT2D eigenvalue weighted by molar-refractivity contribution is 0.598. The molecule has 3 aromatic rings. The Hall–Kier alpha value is -1.83. The summed E-state index contributed by atoms with van der Waals surface area (Å²) in [7, 11) is -3.73. The number of aromatic nitrogens is 2. The highest BCUT2D eigenvalue weighted by Gasteiger charge is 2.15. The molecular formula is C19H23N3O2S2. The van der Waals surface area contributed by atoms with E-state index in [1.54, 1.807) is 30.0 Å². The second-order valence-corrected chi connectivity index (χ2v) is 8.94. The van der Waals surface area contributed by atoms with Gasteiger partial charge in [0, 0.05) is 11.4 Å². The van der Waals surface area contributed by atoms with E-state index in [0.29, 0.717) is 5.52 Å². The lowest BCUT2D eigenvalue weighted by Crippen LogP contribution is -2.11. The van der Waals surface area contributed by atoms with Crippen molar-refractivity contribution >= 4 is 32.8 Å². The van der Waals surface area contributed by atoms with Crippen molar-refractivity contribution in [3.8, 4) is 0 Å². The highest BCUT2D eigenvalue weighted by atomic mass is 32.2. The monoisotopic (exact) mass is 389 g/mol. The zero-order valence-electron chi connectivity index (χ0n) is 15.0. The summed E-state index contributed by atoms with van der Waals surface area (Å²) in [6.07, 6.45) is 2.13. The van der Waals surface area contributed by atoms with E-state index in [1.807, 2.05) is 0 Å². The number of sulfonamides is 1. The van der Waals surface area contributed by atoms with Gasteiger partial charge in [-0.05, 0) is 43.7 Å². The number of hydrogen-bond acceptors (Lipinski definition) is 4. The molecule has 0 unspecified atom stereocenters. The predicted octanol–water partition coefficient (Wildman–Crippen LogP) is 4.08. The van der Waals surface area contributed by atoms with Crippen LogP contribution in [0.25, 0.3) is 11.0 Å². The SMILES string of the molecule is CCCCn1c(CSc2ccc(C)cc2)nc2cc(S(N)(=O)=O)ccc21. The van der Waals surface area contributed by atoms with Crippen LogP contribution in [0, 0.1) is 6.92 Å². The van der Waals surface area contributed by atoms with Crippen LogP contribution in [0.5, 0.6) is 0 Å². The van der Waals surface area contributed by atoms with Gasteiger partial charge in [0.15, 0.2) is 0 Å². The van der Waals surface area contributed by atoms with Crippen LogP contribution in [0.2, 0.25) is 0 Å². The van der Waals surface area contributed by atoms with Gasteiger partial charge >= 0.3 is 0 Å². The summed E-state index contributed by atoms with van der Waals surface area (Å²) in [5.74, 6) is 1.68. The van der Waals surface area contributed by atoms with Crippen LogP contribution in [0.3, 0.4) is 0 Å². The maximum Gasteiger partial charge on any atom is 0.238 e. The number of aryl methyl sites for hydroxylation is 2. The topological polar surface area (TPSA) is 78.0 Å². The van der Waals surface area contributed by atoms with Crippen molar-refractivity contribution in [3.05, 3.63) is 53.9 Å². The average molecular weight is 390 g/mol. The Bertz CT molecular complexity index is 1010. The molecule has 0 bridgehead atoms. The molecule has 0 aliphatic heterocycles. The van der Waals surface area contributed by atoms with Crippen LogP contribution >= 0.6 is 11.8 Å². The highest BCUT2D eigenvalue weighted by molar-refractivity contribution is 7.98. The molecule has 0 saturated carbocycles. The van der Waals surface area contributed by atoms with E-state index in [9.17, 15) is 8.42 Å². The van der Waals surface area contributed by atoms with E-state index in [2.05, 4.69) is 42.7 Å². The summed E-state index contributed by atoms with van der Waals surface area (Å²) in [6, 6.07) is 13.3. The second-order valence-electron chi connectivity index (χ2n) is 6.33. The van der Waals surface area contributed by atoms with Crippen LogP contribution < -0.4 is 5.14 Å². The van der Waals surface area contributed by atoms with Gasteiger partial charge in [-0.1, -0.05) is 31.0 Å². The number of primary sulfonamides is 1. The molecule has 2 aromatic carbocycles. The maximum atomic E-state index is 11.6. The van der Waals surface area contributed by atoms with Crippen molar-refractivity contribution in [1.82, 2.24) is 9.55 Å². The minimum Gasteiger partial charge on any atom is -0.327 e. The molecule has 7 heteroatoms. The van der Waals surface area contributed by atoms with Crippen LogP contribution in [-0.4, -0.2) is 18.0 Å². The summed E-state index contributed by atoms with van der Waals surface area (Å²) < 4.78 is 25.4. The highest BCUT2D eigenvalue weighted by Crippen LogP contribution is 2.27. The van der Waals surface area contributed by atoms with Crippen molar-refractivity contribution in [1.29, 1.82) is 0 Å². The molecule has 0 aliphatic rings. The molecule has 3 rings (SSSR count). The summed E-state index contributed by atoms with van der Waals surface area (Å²) in [4.78, 5) is 5.98. The third-order valence-corrected chi connectivity index (χ3v) is 6.17. The Kier molecular flexibility index (Phi) is 5.70. The number of unbranched alkanes of at least 4 members (excludes halogenated alkanes) is 1. The number of thioether (sulfide) groups is 1. The van der Waals surface area contributed by atoms with Gasteiger partial charge in [0.2, 0.25) is 10.0 Å². The van der Waals surface area contributed by atoms with Gasteiger partial charge in [-0.3, -0.25) is 0 Å². The molecule has 1 aromatic heterocycles. The Balaban J connectivity index is 1.94. The van der Waals surface area contributed by atoms with Gasteiger partial charge in [-0.2, -0.15) is 0 Å². The summed E-state index contributed by atoms with van der Waals surface area (Å²) in [6.45, 7) is 5.09. The number of fused-ring (bicyclic) bond motifs is 1. The van der Waals surface area contributed by atoms with Crippen LogP contribution in [0.4, 0.5) is 0 Å². The molecule has 0 spiro atoms. The quantitative estimate of drug-likeness (QED) is 0.618. The molecule has 0 aliphatic carbocycles. The van der Waals surface area contributed by atoms with Gasteiger partial charge in [-0.15, -0.1) is 11.8 Å². The summed E-state index contributed by atoms with van der Waals surface area (Å²) in [5.41, 5.74) is 2.86. The minimum atomic E-state index is -3.73. The fourth-order valence-electron chi connectivity index (χ4n) is 2.79. The van der Waals surface area contributed by atoms with E-state index in [-0.39, 0.29) is 4.90 Å². The first kappa shape index (κ1) is 18.9. The molecule has 0 radical (unpaired) electrons. The number of hydrogen-bond donors (Lipinski definition) is 1. The van der Waals surface area contributed by atoms with Gasteiger partial charge in [-0.25, -0.2) is 18.5 Å². The number of nitrogens with two attached hydrogens (primary N) is 1. The smallest absolute Gasteiger partial charge is 0.238 e. The molecule has 0 atom stereocenters. The molecule has 5 nitrogen and oxygen atoms in total. The second kappa shape index (κ2) is 7.82. The predicted molar refractivity (Wildman–Crippen MR) is 107 cm³/mol. The van der Waals surface area contributed by atoms with E-state index >= 15 is 0 Å². The third kappa shape index (κ3) is 4.28. The van der Waals surface area contributed by atoms with Crippen molar-refractivity contribution < 1.29 is 8.42 Å². The van der Waals surface area contributed by atoms with Crippen LogP contribution in [0.15, 0.2) is 52.3 Å². The Morgan fingerprint density at radius 1 is 1.15 bits per heavy atom. The number of rotatable bonds is 7. The van der Waals surface area contributed by atoms with E-state index in [4.69, 9.17) is 10.1 Å². The van der Waals surface area contributed by atoms with Crippen LogP contribution in [-0.2, 0) is 22.3 Å². The molecule has 0 saturated heterocycles. The molecule has 0 fully saturated rings. The van der Waals surface area contributed by atoms with E-state index < -0.39 is 10.0 Å². The normalized spacial score (nSPS) is 12.0. The maximum absolute atomic E-state index is 11.6. The van der Waals surface area contributed by atoms with E-state index in [0.717, 1.165) is 36.5 Å². The summed E-state index contributed by atoms with van der Waals surface area (Å²) >= 11 is 1.73. The molecule has 2 N–H and O–H groups in total. The first-order valence-corrected chi connectivity index (χ1v) is 11.1. The molecule has 1 heterocycles. The first-order chi connectivity index (χ1) is 12.4. The molecule has 0 amide bonds. The number of benzene rings is 2. The minimum absolute atomic E-state index is 0.0999. The van der Waals surface area contributed by atoms with Gasteiger partial charge in [0.1, 0.15) is 5.82 Å². The standard InChI is InChI=1S/C19H23N3O2S2/c1-3-4-11-22-18-10-9-16(26(20,23)24)12-17(18)21-19(22)13-25-15-7-5-14(2)6-8-15/h5-10,12H,3-4,11,13H2,1-2H3,(H2,20,23,24). The number of nitrogens with zero attached hydrogens (tertiary/aromatic N) is 2. The van der Waals surface area contributed by atoms with Gasteiger partial charge in [0.05, 0.1) is 21.7 Å². The Labute approximate surface area is 158 Å². The van der Waals surface area contributed by atoms with Crippen molar-refractivity contribution in [2.24, 2.45) is 5.14 Å². The molecular weight excluding hydrogens is 366 g/mol. The van der Waals surface area contributed by atoms with Gasteiger partial charge < -0.3 is 4.57 Å². The lowest BCUT2D eigenvalue weighted by atomic mass is 10.2. The first-order valence-electron chi connectivity index (χ1n) is 8.60. The Morgan fingerprint density at radius 3 is 2.54 bits per heavy atom. The van der Waals surface area contributed by atoms with E-state index in [1.165, 1.54) is 10.5 Å². The lowest BCUT2D eigenvalue weighted by Gasteiger charge is -2.09. The number of imidazole rings is 1. The fourth-order valence-corrected chi connectivity index (χ4v) is 4.17. The Morgan fingerprint density at radius 2 is 1.88 bits per heavy atom. The molecule has 138 valence electrons. The zero-order chi connectivity index (χ0) is 18.7. The van der Waals surface area contributed by atoms with Gasteiger partial charge in [0.25, 0.3) is 0 Å². The van der Waals surface area contributed by atoms with Crippen molar-refractivity contribution in [3.63, 3.8) is 0 Å². The molecule has 26 heavy (non-hydrogen) atoms. The van der Waals surface area contributed by atoms with Crippen molar-refractivity contribution in [2.45, 2.75) is 48.8 Å². The largest absolute Gasteiger partial charge is 0.327 e. The zero-order valence-corrected chi connectivity index (χ0v) is 16.6. The van der Waals surface area contributed by atoms with Crippen LogP contribution in [0.1, 0.15) is 31.2 Å².